The zero-order chi connectivity index (χ0) is 9.68. The summed E-state index contributed by atoms with van der Waals surface area (Å²) in [5.74, 6) is 4.40. The van der Waals surface area contributed by atoms with Gasteiger partial charge in [-0.3, -0.25) is 4.79 Å². The van der Waals surface area contributed by atoms with Crippen LogP contribution in [0.15, 0.2) is 24.3 Å². The van der Waals surface area contributed by atoms with Gasteiger partial charge >= 0.3 is 0 Å². The molecule has 0 atom stereocenters. The molecule has 0 spiro atoms. The fraction of sp³-hybridized carbons (Fsp3) is 0.182. The van der Waals surface area contributed by atoms with Crippen molar-refractivity contribution in [1.82, 2.24) is 0 Å². The highest BCUT2D eigenvalue weighted by molar-refractivity contribution is 5.92. The molecule has 0 saturated heterocycles. The third-order valence-electron chi connectivity index (χ3n) is 1.67. The van der Waals surface area contributed by atoms with E-state index < -0.39 is 5.91 Å². The van der Waals surface area contributed by atoms with E-state index in [0.29, 0.717) is 0 Å². The Morgan fingerprint density at radius 1 is 1.54 bits per heavy atom. The molecule has 0 fully saturated rings. The van der Waals surface area contributed by atoms with Crippen LogP contribution in [-0.2, 0) is 11.2 Å². The summed E-state index contributed by atoms with van der Waals surface area (Å²) in [6.45, 7) is 2.07. The van der Waals surface area contributed by atoms with E-state index in [2.05, 4.69) is 18.8 Å². The minimum atomic E-state index is -0.595. The second-order valence-electron chi connectivity index (χ2n) is 2.67. The Hall–Kier alpha value is -1.75. The van der Waals surface area contributed by atoms with Gasteiger partial charge < -0.3 is 5.73 Å². The summed E-state index contributed by atoms with van der Waals surface area (Å²) in [5, 5.41) is 0. The van der Waals surface area contributed by atoms with Crippen molar-refractivity contribution < 1.29 is 4.79 Å². The fourth-order valence-electron chi connectivity index (χ4n) is 1.00. The van der Waals surface area contributed by atoms with Gasteiger partial charge in [0.2, 0.25) is 0 Å². The van der Waals surface area contributed by atoms with E-state index in [1.54, 1.807) is 0 Å². The maximum absolute atomic E-state index is 10.4. The summed E-state index contributed by atoms with van der Waals surface area (Å²) in [6.07, 6.45) is 0.964. The van der Waals surface area contributed by atoms with Crippen LogP contribution in [0.1, 0.15) is 18.1 Å². The van der Waals surface area contributed by atoms with Crippen molar-refractivity contribution in [3.63, 3.8) is 0 Å². The highest BCUT2D eigenvalue weighted by atomic mass is 16.1. The van der Waals surface area contributed by atoms with Crippen molar-refractivity contribution in [3.05, 3.63) is 35.4 Å². The van der Waals surface area contributed by atoms with Crippen molar-refractivity contribution in [2.24, 2.45) is 5.73 Å². The van der Waals surface area contributed by atoms with Gasteiger partial charge in [0.1, 0.15) is 0 Å². The van der Waals surface area contributed by atoms with Crippen LogP contribution in [0.5, 0.6) is 0 Å². The molecule has 1 rings (SSSR count). The molecule has 2 nitrogen and oxygen atoms in total. The smallest absolute Gasteiger partial charge is 0.293 e. The molecule has 13 heavy (non-hydrogen) atoms. The first-order valence-electron chi connectivity index (χ1n) is 4.12. The quantitative estimate of drug-likeness (QED) is 0.634. The van der Waals surface area contributed by atoms with Gasteiger partial charge in [-0.2, -0.15) is 0 Å². The third-order valence-corrected chi connectivity index (χ3v) is 1.67. The number of carbonyl (C=O) groups is 1. The van der Waals surface area contributed by atoms with Crippen molar-refractivity contribution in [2.75, 3.05) is 0 Å². The molecule has 0 saturated carbocycles. The first-order chi connectivity index (χ1) is 6.22. The number of benzene rings is 1. The highest BCUT2D eigenvalue weighted by Gasteiger charge is 1.90. The Labute approximate surface area is 77.8 Å². The normalized spacial score (nSPS) is 8.69. The van der Waals surface area contributed by atoms with E-state index in [1.165, 1.54) is 5.56 Å². The molecule has 0 aliphatic rings. The molecule has 0 aromatic heterocycles. The molecule has 2 heteroatoms. The van der Waals surface area contributed by atoms with Crippen molar-refractivity contribution in [2.45, 2.75) is 13.3 Å². The molecule has 2 N–H and O–H groups in total. The lowest BCUT2D eigenvalue weighted by Gasteiger charge is -1.95. The number of rotatable bonds is 1. The molecule has 1 aromatic rings. The number of aryl methyl sites for hydroxylation is 1. The molecule has 0 bridgehead atoms. The molecule has 0 radical (unpaired) electrons. The average molecular weight is 173 g/mol. The highest BCUT2D eigenvalue weighted by Crippen LogP contribution is 2.03. The molecule has 66 valence electrons. The van der Waals surface area contributed by atoms with Crippen LogP contribution in [0, 0.1) is 11.8 Å². The van der Waals surface area contributed by atoms with E-state index in [1.807, 2.05) is 24.3 Å². The molecule has 1 amide bonds. The van der Waals surface area contributed by atoms with E-state index in [9.17, 15) is 4.79 Å². The van der Waals surface area contributed by atoms with E-state index >= 15 is 0 Å². The Morgan fingerprint density at radius 3 is 2.92 bits per heavy atom. The Balaban J connectivity index is 2.91. The zero-order valence-corrected chi connectivity index (χ0v) is 7.50. The summed E-state index contributed by atoms with van der Waals surface area (Å²) >= 11 is 0. The van der Waals surface area contributed by atoms with Crippen LogP contribution < -0.4 is 5.73 Å². The van der Waals surface area contributed by atoms with Crippen LogP contribution in [0.4, 0.5) is 0 Å². The summed E-state index contributed by atoms with van der Waals surface area (Å²) in [5.41, 5.74) is 6.93. The summed E-state index contributed by atoms with van der Waals surface area (Å²) in [6, 6.07) is 7.75. The minimum absolute atomic E-state index is 0.595. The average Bonchev–Trinajstić information content (AvgIpc) is 2.15. The van der Waals surface area contributed by atoms with Crippen LogP contribution in [0.3, 0.4) is 0 Å². The number of primary amides is 1. The maximum atomic E-state index is 10.4. The molecule has 0 unspecified atom stereocenters. The number of amides is 1. The summed E-state index contributed by atoms with van der Waals surface area (Å²) in [7, 11) is 0. The van der Waals surface area contributed by atoms with Crippen LogP contribution in [-0.4, -0.2) is 5.91 Å². The van der Waals surface area contributed by atoms with Gasteiger partial charge in [-0.25, -0.2) is 0 Å². The SMILES string of the molecule is CCc1cccc(C#CC(N)=O)c1. The summed E-state index contributed by atoms with van der Waals surface area (Å²) in [4.78, 5) is 10.4. The largest absolute Gasteiger partial charge is 0.359 e. The lowest BCUT2D eigenvalue weighted by Crippen LogP contribution is -2.06. The Morgan fingerprint density at radius 2 is 2.31 bits per heavy atom. The lowest BCUT2D eigenvalue weighted by molar-refractivity contribution is -0.112. The second-order valence-corrected chi connectivity index (χ2v) is 2.67. The van der Waals surface area contributed by atoms with Crippen molar-refractivity contribution in [1.29, 1.82) is 0 Å². The summed E-state index contributed by atoms with van der Waals surface area (Å²) < 4.78 is 0. The predicted octanol–water partition coefficient (Wildman–Crippen LogP) is 1.09. The Bertz CT molecular complexity index is 371. The molecule has 0 aliphatic carbocycles. The van der Waals surface area contributed by atoms with Crippen molar-refractivity contribution >= 4 is 5.91 Å². The van der Waals surface area contributed by atoms with Gasteiger partial charge in [-0.05, 0) is 30.0 Å². The standard InChI is InChI=1S/C11H11NO/c1-2-9-4-3-5-10(8-9)6-7-11(12)13/h3-5,8H,2H2,1H3,(H2,12,13). The van der Waals surface area contributed by atoms with Crippen molar-refractivity contribution in [3.8, 4) is 11.8 Å². The van der Waals surface area contributed by atoms with E-state index in [-0.39, 0.29) is 0 Å². The Kier molecular flexibility index (Phi) is 3.10. The van der Waals surface area contributed by atoms with Gasteiger partial charge in [0.05, 0.1) is 0 Å². The van der Waals surface area contributed by atoms with Crippen LogP contribution in [0.2, 0.25) is 0 Å². The molecule has 0 aliphatic heterocycles. The molecular weight excluding hydrogens is 162 g/mol. The predicted molar refractivity (Wildman–Crippen MR) is 51.9 cm³/mol. The van der Waals surface area contributed by atoms with Gasteiger partial charge in [0, 0.05) is 5.56 Å². The number of hydrogen-bond donors (Lipinski definition) is 1. The number of nitrogens with two attached hydrogens (primary N) is 1. The van der Waals surface area contributed by atoms with Crippen LogP contribution in [0.25, 0.3) is 0 Å². The maximum Gasteiger partial charge on any atom is 0.293 e. The molecule has 0 heterocycles. The molecular formula is C11H11NO. The number of hydrogen-bond acceptors (Lipinski definition) is 1. The minimum Gasteiger partial charge on any atom is -0.359 e. The second kappa shape index (κ2) is 4.32. The first kappa shape index (κ1) is 9.34. The van der Waals surface area contributed by atoms with Gasteiger partial charge in [-0.15, -0.1) is 0 Å². The first-order valence-corrected chi connectivity index (χ1v) is 4.12. The van der Waals surface area contributed by atoms with Gasteiger partial charge in [-0.1, -0.05) is 25.0 Å². The number of carbonyl (C=O) groups excluding carboxylic acids is 1. The van der Waals surface area contributed by atoms with Gasteiger partial charge in [0.25, 0.3) is 5.91 Å². The van der Waals surface area contributed by atoms with E-state index in [0.717, 1.165) is 12.0 Å². The fourth-order valence-corrected chi connectivity index (χ4v) is 1.00. The third kappa shape index (κ3) is 3.00. The van der Waals surface area contributed by atoms with Gasteiger partial charge in [0.15, 0.2) is 0 Å². The monoisotopic (exact) mass is 173 g/mol. The lowest BCUT2D eigenvalue weighted by atomic mass is 10.1. The van der Waals surface area contributed by atoms with Crippen LogP contribution >= 0.6 is 0 Å². The topological polar surface area (TPSA) is 43.1 Å². The zero-order valence-electron chi connectivity index (χ0n) is 7.50. The molecule has 1 aromatic carbocycles. The van der Waals surface area contributed by atoms with E-state index in [4.69, 9.17) is 5.73 Å².